The molecule has 3 nitrogen and oxygen atoms in total. The highest BCUT2D eigenvalue weighted by Crippen LogP contribution is 2.12. The van der Waals surface area contributed by atoms with Gasteiger partial charge in [0, 0.05) is 13.1 Å². The molecule has 0 aliphatic carbocycles. The molecule has 0 radical (unpaired) electrons. The van der Waals surface area contributed by atoms with Crippen LogP contribution in [0.25, 0.3) is 0 Å². The number of nitrogens with zero attached hydrogens (tertiary/aromatic N) is 1. The molecule has 0 spiro atoms. The lowest BCUT2D eigenvalue weighted by atomic mass is 10.1. The zero-order valence-electron chi connectivity index (χ0n) is 9.80. The van der Waals surface area contributed by atoms with Crippen LogP contribution in [0.2, 0.25) is 0 Å². The van der Waals surface area contributed by atoms with E-state index in [9.17, 15) is 4.79 Å². The van der Waals surface area contributed by atoms with Gasteiger partial charge in [-0.05, 0) is 23.9 Å². The van der Waals surface area contributed by atoms with E-state index in [0.29, 0.717) is 12.1 Å². The highest BCUT2D eigenvalue weighted by Gasteiger charge is 2.14. The summed E-state index contributed by atoms with van der Waals surface area (Å²) >= 11 is 0. The summed E-state index contributed by atoms with van der Waals surface area (Å²) < 4.78 is 4.72. The van der Waals surface area contributed by atoms with Gasteiger partial charge in [-0.15, -0.1) is 0 Å². The lowest BCUT2D eigenvalue weighted by molar-refractivity contribution is -0.136. The molecule has 1 aliphatic rings. The lowest BCUT2D eigenvalue weighted by Gasteiger charge is -2.23. The second-order valence-electron chi connectivity index (χ2n) is 3.92. The van der Waals surface area contributed by atoms with E-state index in [1.54, 1.807) is 6.08 Å². The van der Waals surface area contributed by atoms with Gasteiger partial charge < -0.3 is 9.64 Å². The van der Waals surface area contributed by atoms with Gasteiger partial charge in [-0.1, -0.05) is 30.3 Å². The summed E-state index contributed by atoms with van der Waals surface area (Å²) in [6, 6.07) is 10.2. The molecule has 0 bridgehead atoms. The Labute approximate surface area is 101 Å². The molecule has 1 aromatic rings. The van der Waals surface area contributed by atoms with Crippen LogP contribution in [0.3, 0.4) is 0 Å². The molecule has 0 unspecified atom stereocenters. The van der Waals surface area contributed by atoms with Crippen LogP contribution in [-0.2, 0) is 16.1 Å². The fourth-order valence-electron chi connectivity index (χ4n) is 1.80. The zero-order chi connectivity index (χ0) is 12.1. The summed E-state index contributed by atoms with van der Waals surface area (Å²) in [5.74, 6) is -0.257. The Morgan fingerprint density at radius 2 is 2.12 bits per heavy atom. The largest absolute Gasteiger partial charge is 0.466 e. The highest BCUT2D eigenvalue weighted by molar-refractivity contribution is 5.89. The molecule has 2 rings (SSSR count). The first-order valence-corrected chi connectivity index (χ1v) is 5.53. The molecule has 0 saturated heterocycles. The first-order chi connectivity index (χ1) is 8.29. The monoisotopic (exact) mass is 229 g/mol. The van der Waals surface area contributed by atoms with E-state index < -0.39 is 0 Å². The Hall–Kier alpha value is -2.03. The van der Waals surface area contributed by atoms with Crippen LogP contribution >= 0.6 is 0 Å². The predicted octanol–water partition coefficient (Wildman–Crippen LogP) is 2.12. The second kappa shape index (κ2) is 5.34. The normalized spacial score (nSPS) is 14.4. The third-order valence-corrected chi connectivity index (χ3v) is 2.64. The number of methoxy groups -OCH3 is 1. The van der Waals surface area contributed by atoms with Gasteiger partial charge in [-0.25, -0.2) is 4.79 Å². The summed E-state index contributed by atoms with van der Waals surface area (Å²) in [7, 11) is 1.41. The lowest BCUT2D eigenvalue weighted by Crippen LogP contribution is -2.25. The molecule has 0 amide bonds. The number of hydrogen-bond donors (Lipinski definition) is 0. The quantitative estimate of drug-likeness (QED) is 0.743. The molecule has 1 heterocycles. The molecular weight excluding hydrogens is 214 g/mol. The van der Waals surface area contributed by atoms with E-state index in [4.69, 9.17) is 4.74 Å². The summed E-state index contributed by atoms with van der Waals surface area (Å²) in [5, 5.41) is 0. The van der Waals surface area contributed by atoms with Crippen molar-refractivity contribution < 1.29 is 9.53 Å². The van der Waals surface area contributed by atoms with E-state index >= 15 is 0 Å². The Balaban J connectivity index is 2.00. The van der Waals surface area contributed by atoms with Gasteiger partial charge in [0.05, 0.1) is 12.7 Å². The minimum Gasteiger partial charge on any atom is -0.466 e. The molecule has 1 aliphatic heterocycles. The predicted molar refractivity (Wildman–Crippen MR) is 66.1 cm³/mol. The number of allylic oxidation sites excluding steroid dienone is 2. The van der Waals surface area contributed by atoms with Gasteiger partial charge in [0.25, 0.3) is 0 Å². The molecule has 0 N–H and O–H groups in total. The number of hydrogen-bond acceptors (Lipinski definition) is 3. The molecule has 88 valence electrons. The Kier molecular flexibility index (Phi) is 3.60. The average Bonchev–Trinajstić information content (AvgIpc) is 2.39. The van der Waals surface area contributed by atoms with Crippen LogP contribution in [0.15, 0.2) is 54.3 Å². The SMILES string of the molecule is COC(=O)C1=CC=CN(Cc2ccccc2)C1. The number of ether oxygens (including phenoxy) is 1. The minimum atomic E-state index is -0.257. The Morgan fingerprint density at radius 3 is 2.82 bits per heavy atom. The van der Waals surface area contributed by atoms with Crippen LogP contribution < -0.4 is 0 Å². The molecule has 0 atom stereocenters. The van der Waals surface area contributed by atoms with E-state index in [0.717, 1.165) is 6.54 Å². The maximum absolute atomic E-state index is 11.4. The Morgan fingerprint density at radius 1 is 1.35 bits per heavy atom. The van der Waals surface area contributed by atoms with Gasteiger partial charge >= 0.3 is 5.97 Å². The van der Waals surface area contributed by atoms with Crippen LogP contribution in [-0.4, -0.2) is 24.5 Å². The third-order valence-electron chi connectivity index (χ3n) is 2.64. The number of carbonyl (C=O) groups is 1. The van der Waals surface area contributed by atoms with Gasteiger partial charge in [0.2, 0.25) is 0 Å². The summed E-state index contributed by atoms with van der Waals surface area (Å²) in [6.45, 7) is 1.39. The molecule has 3 heteroatoms. The van der Waals surface area contributed by atoms with Crippen molar-refractivity contribution >= 4 is 5.97 Å². The van der Waals surface area contributed by atoms with Gasteiger partial charge in [-0.2, -0.15) is 0 Å². The van der Waals surface area contributed by atoms with Crippen molar-refractivity contribution in [2.24, 2.45) is 0 Å². The first-order valence-electron chi connectivity index (χ1n) is 5.53. The minimum absolute atomic E-state index is 0.257. The number of rotatable bonds is 3. The van der Waals surface area contributed by atoms with Crippen molar-refractivity contribution in [1.29, 1.82) is 0 Å². The van der Waals surface area contributed by atoms with Gasteiger partial charge in [-0.3, -0.25) is 0 Å². The molecule has 0 saturated carbocycles. The molecule has 1 aromatic carbocycles. The first kappa shape index (κ1) is 11.5. The van der Waals surface area contributed by atoms with Crippen molar-refractivity contribution in [3.05, 3.63) is 59.8 Å². The van der Waals surface area contributed by atoms with Crippen LogP contribution in [0.4, 0.5) is 0 Å². The second-order valence-corrected chi connectivity index (χ2v) is 3.92. The smallest absolute Gasteiger partial charge is 0.335 e. The van der Waals surface area contributed by atoms with Crippen LogP contribution in [0.5, 0.6) is 0 Å². The molecule has 17 heavy (non-hydrogen) atoms. The number of esters is 1. The van der Waals surface area contributed by atoms with E-state index in [1.165, 1.54) is 12.7 Å². The maximum atomic E-state index is 11.4. The average molecular weight is 229 g/mol. The fourth-order valence-corrected chi connectivity index (χ4v) is 1.80. The highest BCUT2D eigenvalue weighted by atomic mass is 16.5. The van der Waals surface area contributed by atoms with E-state index in [1.807, 2.05) is 30.5 Å². The topological polar surface area (TPSA) is 29.5 Å². The third kappa shape index (κ3) is 2.97. The van der Waals surface area contributed by atoms with Crippen molar-refractivity contribution in [2.45, 2.75) is 6.54 Å². The van der Waals surface area contributed by atoms with Gasteiger partial charge in [0.15, 0.2) is 0 Å². The molecule has 0 fully saturated rings. The summed E-state index contributed by atoms with van der Waals surface area (Å²) in [5.41, 5.74) is 1.91. The van der Waals surface area contributed by atoms with Gasteiger partial charge in [0.1, 0.15) is 0 Å². The zero-order valence-corrected chi connectivity index (χ0v) is 9.80. The fraction of sp³-hybridized carbons (Fsp3) is 0.214. The van der Waals surface area contributed by atoms with Crippen LogP contribution in [0, 0.1) is 0 Å². The molecular formula is C14H15NO2. The van der Waals surface area contributed by atoms with Crippen LogP contribution in [0.1, 0.15) is 5.56 Å². The summed E-state index contributed by atoms with van der Waals surface area (Å²) in [4.78, 5) is 13.5. The standard InChI is InChI=1S/C14H15NO2/c1-17-14(16)13-8-5-9-15(11-13)10-12-6-3-2-4-7-12/h2-9H,10-11H2,1H3. The van der Waals surface area contributed by atoms with Crippen molar-refractivity contribution in [3.63, 3.8) is 0 Å². The Bertz CT molecular complexity index is 449. The summed E-state index contributed by atoms with van der Waals surface area (Å²) in [6.07, 6.45) is 5.66. The van der Waals surface area contributed by atoms with Crippen molar-refractivity contribution in [1.82, 2.24) is 4.90 Å². The van der Waals surface area contributed by atoms with E-state index in [2.05, 4.69) is 17.0 Å². The van der Waals surface area contributed by atoms with Crippen molar-refractivity contribution in [2.75, 3.05) is 13.7 Å². The van der Waals surface area contributed by atoms with Crippen molar-refractivity contribution in [3.8, 4) is 0 Å². The molecule has 0 aromatic heterocycles. The number of benzene rings is 1. The number of carbonyl (C=O) groups excluding carboxylic acids is 1. The van der Waals surface area contributed by atoms with E-state index in [-0.39, 0.29) is 5.97 Å². The maximum Gasteiger partial charge on any atom is 0.335 e.